The van der Waals surface area contributed by atoms with Gasteiger partial charge in [-0.25, -0.2) is 0 Å². The Morgan fingerprint density at radius 2 is 1.21 bits per heavy atom. The van der Waals surface area contributed by atoms with E-state index in [-0.39, 0.29) is 0 Å². The molecule has 56 heavy (non-hydrogen) atoms. The lowest BCUT2D eigenvalue weighted by Gasteiger charge is -2.36. The fourth-order valence-electron chi connectivity index (χ4n) is 8.31. The number of nitrogens with zero attached hydrogens (tertiary/aromatic N) is 6. The largest absolute Gasteiger partial charge is 0.339 e. The third kappa shape index (κ3) is 9.02. The van der Waals surface area contributed by atoms with E-state index in [1.165, 1.54) is 47.9 Å². The van der Waals surface area contributed by atoms with Crippen molar-refractivity contribution in [1.82, 2.24) is 4.98 Å². The summed E-state index contributed by atoms with van der Waals surface area (Å²) >= 11 is 16.6. The highest BCUT2D eigenvalue weighted by Gasteiger charge is 2.28. The lowest BCUT2D eigenvalue weighted by Crippen LogP contribution is -2.45. The van der Waals surface area contributed by atoms with E-state index in [1.54, 1.807) is 0 Å². The first kappa shape index (κ1) is 39.1. The molecule has 0 saturated carbocycles. The van der Waals surface area contributed by atoms with E-state index in [2.05, 4.69) is 135 Å². The standard InChI is InChI=1S/C46H50Cl2N6S2/c1-53(2,25-9-23-51-39-11-5-7-13-43(39)55-45-17-15-35(47)29-41(45)51)31-33-19-21-49-37(27-33)38-28-34(20-22-50-38)32-54(3,4)26-10-24-52-40-12-6-8-14-44(40)56-46-18-16-36(48)30-42(46)52/h5-8,11-19,21-22,27-30,34H,9-10,20,23-26,31-32H2,1-4H3/q+2. The number of pyridine rings is 1. The zero-order valence-electron chi connectivity index (χ0n) is 32.7. The molecule has 6 nitrogen and oxygen atoms in total. The van der Waals surface area contributed by atoms with Crippen molar-refractivity contribution in [2.75, 3.05) is 70.7 Å². The summed E-state index contributed by atoms with van der Waals surface area (Å²) < 4.78 is 1.82. The van der Waals surface area contributed by atoms with E-state index in [1.807, 2.05) is 41.9 Å². The van der Waals surface area contributed by atoms with Gasteiger partial charge >= 0.3 is 0 Å². The molecule has 0 saturated heterocycles. The van der Waals surface area contributed by atoms with E-state index >= 15 is 0 Å². The molecule has 10 heteroatoms. The van der Waals surface area contributed by atoms with Crippen LogP contribution in [0.3, 0.4) is 0 Å². The molecule has 1 unspecified atom stereocenters. The van der Waals surface area contributed by atoms with Crippen molar-refractivity contribution < 1.29 is 8.97 Å². The number of fused-ring (bicyclic) bond motifs is 4. The van der Waals surface area contributed by atoms with Gasteiger partial charge in [-0.2, -0.15) is 0 Å². The van der Waals surface area contributed by atoms with Crippen LogP contribution < -0.4 is 9.80 Å². The number of quaternary nitrogens is 2. The predicted octanol–water partition coefficient (Wildman–Crippen LogP) is 11.9. The van der Waals surface area contributed by atoms with E-state index in [0.29, 0.717) is 5.92 Å². The van der Waals surface area contributed by atoms with E-state index in [9.17, 15) is 0 Å². The van der Waals surface area contributed by atoms with Gasteiger partial charge in [0.2, 0.25) is 0 Å². The molecule has 4 heterocycles. The molecule has 3 aliphatic heterocycles. The van der Waals surface area contributed by atoms with Crippen molar-refractivity contribution in [3.8, 4) is 0 Å². The molecule has 0 bridgehead atoms. The topological polar surface area (TPSA) is 31.7 Å². The zero-order chi connectivity index (χ0) is 38.9. The molecule has 0 amide bonds. The van der Waals surface area contributed by atoms with Gasteiger partial charge in [0, 0.05) is 79.5 Å². The van der Waals surface area contributed by atoms with Gasteiger partial charge in [0.25, 0.3) is 0 Å². The SMILES string of the molecule is C[N+](C)(CCCN1c2ccccc2Sc2ccc(Cl)cc21)Cc1ccnc(C2=CC(C[N+](C)(C)CCCN3c4ccccc4Sc4ccc(Cl)cc43)CC=N2)c1. The summed E-state index contributed by atoms with van der Waals surface area (Å²) in [7, 11) is 9.38. The molecule has 5 aromatic rings. The zero-order valence-corrected chi connectivity index (χ0v) is 35.8. The van der Waals surface area contributed by atoms with Crippen LogP contribution in [0.25, 0.3) is 5.70 Å². The predicted molar refractivity (Wildman–Crippen MR) is 239 cm³/mol. The fourth-order valence-corrected chi connectivity index (χ4v) is 10.8. The van der Waals surface area contributed by atoms with Crippen molar-refractivity contribution in [2.45, 2.75) is 45.4 Å². The van der Waals surface area contributed by atoms with Crippen molar-refractivity contribution in [3.63, 3.8) is 0 Å². The smallest absolute Gasteiger partial charge is 0.104 e. The lowest BCUT2D eigenvalue weighted by molar-refractivity contribution is -0.903. The number of anilines is 4. The summed E-state index contributed by atoms with van der Waals surface area (Å²) in [6.07, 6.45) is 9.48. The van der Waals surface area contributed by atoms with Crippen LogP contribution in [0.1, 0.15) is 30.5 Å². The number of hydrogen-bond acceptors (Lipinski definition) is 6. The number of para-hydroxylation sites is 2. The van der Waals surface area contributed by atoms with Crippen molar-refractivity contribution in [1.29, 1.82) is 0 Å². The number of aliphatic imine (C=N–C) groups is 1. The van der Waals surface area contributed by atoms with Gasteiger partial charge in [0.1, 0.15) is 6.54 Å². The first-order valence-corrected chi connectivity index (χ1v) is 21.9. The maximum absolute atomic E-state index is 6.48. The van der Waals surface area contributed by atoms with Gasteiger partial charge in [0.05, 0.1) is 82.0 Å². The minimum absolute atomic E-state index is 0.403. The quantitative estimate of drug-likeness (QED) is 0.110. The van der Waals surface area contributed by atoms with Crippen LogP contribution in [0, 0.1) is 5.92 Å². The minimum atomic E-state index is 0.403. The molecule has 0 radical (unpaired) electrons. The Labute approximate surface area is 351 Å². The van der Waals surface area contributed by atoms with E-state index < -0.39 is 0 Å². The van der Waals surface area contributed by atoms with Crippen molar-refractivity contribution >= 4 is 81.4 Å². The summed E-state index contributed by atoms with van der Waals surface area (Å²) in [6.45, 7) is 5.96. The summed E-state index contributed by atoms with van der Waals surface area (Å²) in [5.74, 6) is 0.403. The molecule has 3 aliphatic rings. The van der Waals surface area contributed by atoms with Gasteiger partial charge in [-0.3, -0.25) is 9.98 Å². The Morgan fingerprint density at radius 3 is 1.82 bits per heavy atom. The molecule has 0 N–H and O–H groups in total. The number of hydrogen-bond donors (Lipinski definition) is 0. The molecular weight excluding hydrogens is 772 g/mol. The van der Waals surface area contributed by atoms with Crippen LogP contribution >= 0.6 is 46.7 Å². The summed E-state index contributed by atoms with van der Waals surface area (Å²) in [5, 5.41) is 1.55. The highest BCUT2D eigenvalue weighted by atomic mass is 35.5. The number of benzene rings is 4. The normalized spacial score (nSPS) is 16.2. The molecule has 1 atom stereocenters. The van der Waals surface area contributed by atoms with Gasteiger partial charge in [-0.05, 0) is 85.3 Å². The molecule has 0 fully saturated rings. The van der Waals surface area contributed by atoms with Crippen LogP contribution in [-0.2, 0) is 6.54 Å². The average molecular weight is 822 g/mol. The monoisotopic (exact) mass is 820 g/mol. The molecule has 0 spiro atoms. The van der Waals surface area contributed by atoms with Crippen LogP contribution in [0.2, 0.25) is 10.0 Å². The third-order valence-electron chi connectivity index (χ3n) is 10.9. The van der Waals surface area contributed by atoms with Gasteiger partial charge in [-0.1, -0.05) is 71.0 Å². The molecule has 1 aromatic heterocycles. The van der Waals surface area contributed by atoms with Crippen molar-refractivity contribution in [3.05, 3.63) is 131 Å². The summed E-state index contributed by atoms with van der Waals surface area (Å²) in [6, 6.07) is 34.3. The van der Waals surface area contributed by atoms with E-state index in [4.69, 9.17) is 33.2 Å². The van der Waals surface area contributed by atoms with Gasteiger partial charge in [0.15, 0.2) is 0 Å². The Morgan fingerprint density at radius 1 is 0.661 bits per heavy atom. The molecule has 4 aromatic carbocycles. The Hall–Kier alpha value is -3.76. The number of aromatic nitrogens is 1. The Bertz CT molecular complexity index is 2290. The summed E-state index contributed by atoms with van der Waals surface area (Å²) in [5.41, 5.74) is 8.17. The molecule has 288 valence electrons. The second kappa shape index (κ2) is 16.6. The maximum atomic E-state index is 6.48. The third-order valence-corrected chi connectivity index (χ3v) is 13.7. The van der Waals surface area contributed by atoms with E-state index in [0.717, 1.165) is 88.9 Å². The molecule has 0 aliphatic carbocycles. The minimum Gasteiger partial charge on any atom is -0.339 e. The van der Waals surface area contributed by atoms with Crippen LogP contribution in [0.4, 0.5) is 22.7 Å². The second-order valence-corrected chi connectivity index (χ2v) is 19.5. The van der Waals surface area contributed by atoms with Gasteiger partial charge in [-0.15, -0.1) is 0 Å². The average Bonchev–Trinajstić information content (AvgIpc) is 3.17. The molecule has 8 rings (SSSR count). The Kier molecular flexibility index (Phi) is 11.6. The lowest BCUT2D eigenvalue weighted by atomic mass is 9.99. The van der Waals surface area contributed by atoms with Crippen LogP contribution in [0.5, 0.6) is 0 Å². The molecular formula is C46H50Cl2N6S2+2. The highest BCUT2D eigenvalue weighted by molar-refractivity contribution is 8.00. The van der Waals surface area contributed by atoms with Crippen molar-refractivity contribution in [2.24, 2.45) is 10.9 Å². The van der Waals surface area contributed by atoms with Gasteiger partial charge < -0.3 is 18.8 Å². The highest BCUT2D eigenvalue weighted by Crippen LogP contribution is 2.50. The summed E-state index contributed by atoms with van der Waals surface area (Å²) in [4.78, 5) is 19.7. The maximum Gasteiger partial charge on any atom is 0.104 e. The van der Waals surface area contributed by atoms with Crippen LogP contribution in [-0.4, -0.2) is 81.1 Å². The number of halogens is 2. The Balaban J connectivity index is 0.878. The fraction of sp³-hybridized carbons (Fsp3) is 0.304. The second-order valence-electron chi connectivity index (χ2n) is 16.4. The van der Waals surface area contributed by atoms with Crippen LogP contribution in [0.15, 0.2) is 134 Å². The first-order valence-electron chi connectivity index (χ1n) is 19.5. The first-order chi connectivity index (χ1) is 27.0. The number of rotatable bonds is 13.